The highest BCUT2D eigenvalue weighted by atomic mass is 19.1. The second kappa shape index (κ2) is 8.58. The van der Waals surface area contributed by atoms with Crippen LogP contribution in [0.5, 0.6) is 0 Å². The molecule has 2 aromatic carbocycles. The molecule has 0 radical (unpaired) electrons. The van der Waals surface area contributed by atoms with Crippen LogP contribution in [0.2, 0.25) is 0 Å². The van der Waals surface area contributed by atoms with Crippen LogP contribution in [0, 0.1) is 5.82 Å². The molecule has 26 heavy (non-hydrogen) atoms. The van der Waals surface area contributed by atoms with Gasteiger partial charge in [0.25, 0.3) is 11.8 Å². The number of amides is 2. The molecule has 136 valence electrons. The van der Waals surface area contributed by atoms with E-state index in [9.17, 15) is 14.0 Å². The van der Waals surface area contributed by atoms with Crippen molar-refractivity contribution in [2.45, 2.75) is 18.9 Å². The number of anilines is 1. The summed E-state index contributed by atoms with van der Waals surface area (Å²) in [5, 5.41) is 5.85. The fourth-order valence-electron chi connectivity index (χ4n) is 3.17. The van der Waals surface area contributed by atoms with E-state index in [1.165, 1.54) is 17.0 Å². The smallest absolute Gasteiger partial charge is 0.279 e. The van der Waals surface area contributed by atoms with Gasteiger partial charge in [0.2, 0.25) is 0 Å². The summed E-state index contributed by atoms with van der Waals surface area (Å²) < 4.78 is 12.9. The van der Waals surface area contributed by atoms with E-state index in [0.717, 1.165) is 25.9 Å². The number of rotatable bonds is 5. The maximum absolute atomic E-state index is 12.9. The van der Waals surface area contributed by atoms with E-state index in [4.69, 9.17) is 0 Å². The van der Waals surface area contributed by atoms with Gasteiger partial charge in [0.1, 0.15) is 5.82 Å². The van der Waals surface area contributed by atoms with Gasteiger partial charge in [0, 0.05) is 30.1 Å². The molecule has 0 aromatic heterocycles. The number of nitrogens with one attached hydrogen (secondary N) is 3. The molecule has 2 amide bonds. The summed E-state index contributed by atoms with van der Waals surface area (Å²) in [5.74, 6) is -0.459. The molecule has 6 heteroatoms. The maximum atomic E-state index is 12.9. The normalized spacial score (nSPS) is 19.6. The van der Waals surface area contributed by atoms with Crippen molar-refractivity contribution in [3.05, 3.63) is 66.0 Å². The minimum Gasteiger partial charge on any atom is -0.349 e. The Bertz CT molecular complexity index is 741. The summed E-state index contributed by atoms with van der Waals surface area (Å²) in [6.07, 6.45) is 1.69. The molecule has 2 aromatic rings. The molecular weight excluding hydrogens is 333 g/mol. The lowest BCUT2D eigenvalue weighted by Gasteiger charge is -2.29. The largest absolute Gasteiger partial charge is 0.349 e. The molecule has 0 atom stereocenters. The van der Waals surface area contributed by atoms with Gasteiger partial charge in [-0.25, -0.2) is 4.39 Å². The fourth-order valence-corrected chi connectivity index (χ4v) is 3.17. The van der Waals surface area contributed by atoms with Crippen molar-refractivity contribution < 1.29 is 18.9 Å². The van der Waals surface area contributed by atoms with Gasteiger partial charge < -0.3 is 15.5 Å². The molecule has 0 spiro atoms. The number of hydrogen-bond donors (Lipinski definition) is 3. The molecule has 0 unspecified atom stereocenters. The van der Waals surface area contributed by atoms with Gasteiger partial charge in [-0.3, -0.25) is 9.59 Å². The molecule has 0 aliphatic carbocycles. The average molecular weight is 356 g/mol. The highest BCUT2D eigenvalue weighted by molar-refractivity contribution is 5.94. The summed E-state index contributed by atoms with van der Waals surface area (Å²) in [6.45, 7) is 2.03. The van der Waals surface area contributed by atoms with E-state index in [-0.39, 0.29) is 23.7 Å². The number of carbonyl (C=O) groups is 2. The minimum absolute atomic E-state index is 0.0481. The Kier molecular flexibility index (Phi) is 5.96. The second-order valence-corrected chi connectivity index (χ2v) is 6.60. The Labute approximate surface area is 152 Å². The van der Waals surface area contributed by atoms with Crippen LogP contribution in [-0.2, 0) is 4.79 Å². The lowest BCUT2D eigenvalue weighted by molar-refractivity contribution is -0.897. The zero-order valence-electron chi connectivity index (χ0n) is 14.5. The van der Waals surface area contributed by atoms with E-state index < -0.39 is 0 Å². The summed E-state index contributed by atoms with van der Waals surface area (Å²) in [6, 6.07) is 15.1. The third-order valence-corrected chi connectivity index (χ3v) is 4.60. The first kappa shape index (κ1) is 18.1. The van der Waals surface area contributed by atoms with Crippen molar-refractivity contribution >= 4 is 17.5 Å². The zero-order valence-corrected chi connectivity index (χ0v) is 14.5. The molecule has 0 bridgehead atoms. The van der Waals surface area contributed by atoms with Crippen LogP contribution in [0.3, 0.4) is 0 Å². The third-order valence-electron chi connectivity index (χ3n) is 4.60. The molecule has 0 saturated carbocycles. The summed E-state index contributed by atoms with van der Waals surface area (Å²) >= 11 is 0. The van der Waals surface area contributed by atoms with Crippen molar-refractivity contribution in [2.24, 2.45) is 0 Å². The average Bonchev–Trinajstić information content (AvgIpc) is 2.66. The van der Waals surface area contributed by atoms with Crippen molar-refractivity contribution in [3.8, 4) is 0 Å². The second-order valence-electron chi connectivity index (χ2n) is 6.60. The number of likely N-dealkylation sites (tertiary alicyclic amines) is 1. The van der Waals surface area contributed by atoms with Crippen LogP contribution >= 0.6 is 0 Å². The third kappa shape index (κ3) is 5.13. The Morgan fingerprint density at radius 2 is 1.65 bits per heavy atom. The molecule has 1 saturated heterocycles. The molecule has 1 heterocycles. The molecule has 1 fully saturated rings. The van der Waals surface area contributed by atoms with Crippen molar-refractivity contribution in [1.29, 1.82) is 0 Å². The Hall–Kier alpha value is -2.73. The number of quaternary nitrogens is 1. The van der Waals surface area contributed by atoms with Crippen LogP contribution in [0.1, 0.15) is 23.2 Å². The van der Waals surface area contributed by atoms with Gasteiger partial charge in [-0.05, 0) is 36.4 Å². The van der Waals surface area contributed by atoms with Crippen LogP contribution in [0.15, 0.2) is 54.6 Å². The number of piperidine rings is 1. The van der Waals surface area contributed by atoms with Crippen LogP contribution < -0.4 is 15.5 Å². The molecule has 1 aliphatic rings. The van der Waals surface area contributed by atoms with Crippen molar-refractivity contribution in [2.75, 3.05) is 25.0 Å². The first-order valence-corrected chi connectivity index (χ1v) is 8.85. The Morgan fingerprint density at radius 3 is 2.31 bits per heavy atom. The van der Waals surface area contributed by atoms with Gasteiger partial charge >= 0.3 is 0 Å². The van der Waals surface area contributed by atoms with Crippen molar-refractivity contribution in [1.82, 2.24) is 5.32 Å². The number of halogens is 1. The zero-order chi connectivity index (χ0) is 18.4. The lowest BCUT2D eigenvalue weighted by atomic mass is 10.0. The standard InChI is InChI=1S/C20H22FN3O2/c21-16-6-8-17(9-7-16)22-19(25)14-24-12-10-18(11-13-24)23-20(26)15-4-2-1-3-5-15/h1-9,18H,10-14H2,(H,22,25)(H,23,26)/p+1. The van der Waals surface area contributed by atoms with E-state index >= 15 is 0 Å². The molecule has 5 nitrogen and oxygen atoms in total. The highest BCUT2D eigenvalue weighted by Gasteiger charge is 2.25. The van der Waals surface area contributed by atoms with Gasteiger partial charge in [0.15, 0.2) is 6.54 Å². The lowest BCUT2D eigenvalue weighted by Crippen LogP contribution is -3.14. The Morgan fingerprint density at radius 1 is 1.00 bits per heavy atom. The van der Waals surface area contributed by atoms with E-state index in [2.05, 4.69) is 10.6 Å². The van der Waals surface area contributed by atoms with Crippen LogP contribution in [0.25, 0.3) is 0 Å². The van der Waals surface area contributed by atoms with Crippen LogP contribution in [-0.4, -0.2) is 37.5 Å². The predicted molar refractivity (Wildman–Crippen MR) is 97.5 cm³/mol. The summed E-state index contributed by atoms with van der Waals surface area (Å²) in [5.41, 5.74) is 1.27. The molecule has 3 N–H and O–H groups in total. The first-order chi connectivity index (χ1) is 12.6. The van der Waals surface area contributed by atoms with E-state index in [0.29, 0.717) is 17.8 Å². The maximum Gasteiger partial charge on any atom is 0.279 e. The van der Waals surface area contributed by atoms with E-state index in [1.807, 2.05) is 18.2 Å². The van der Waals surface area contributed by atoms with E-state index in [1.54, 1.807) is 24.3 Å². The van der Waals surface area contributed by atoms with Crippen molar-refractivity contribution in [3.63, 3.8) is 0 Å². The SMILES string of the molecule is O=C(C[NH+]1CCC(NC(=O)c2ccccc2)CC1)Nc1ccc(F)cc1. The number of benzene rings is 2. The van der Waals surface area contributed by atoms with Gasteiger partial charge in [0.05, 0.1) is 13.1 Å². The minimum atomic E-state index is -0.326. The predicted octanol–water partition coefficient (Wildman–Crippen LogP) is 1.24. The number of hydrogen-bond acceptors (Lipinski definition) is 2. The topological polar surface area (TPSA) is 62.6 Å². The van der Waals surface area contributed by atoms with Gasteiger partial charge in [-0.2, -0.15) is 0 Å². The molecule has 3 rings (SSSR count). The molecular formula is C20H23FN3O2+. The quantitative estimate of drug-likeness (QED) is 0.755. The summed E-state index contributed by atoms with van der Waals surface area (Å²) in [7, 11) is 0. The Balaban J connectivity index is 1.41. The van der Waals surface area contributed by atoms with Gasteiger partial charge in [-0.15, -0.1) is 0 Å². The van der Waals surface area contributed by atoms with Crippen LogP contribution in [0.4, 0.5) is 10.1 Å². The molecule has 1 aliphatic heterocycles. The van der Waals surface area contributed by atoms with Gasteiger partial charge in [-0.1, -0.05) is 18.2 Å². The highest BCUT2D eigenvalue weighted by Crippen LogP contribution is 2.08. The fraction of sp³-hybridized carbons (Fsp3) is 0.300. The first-order valence-electron chi connectivity index (χ1n) is 8.85. The number of carbonyl (C=O) groups excluding carboxylic acids is 2. The summed E-state index contributed by atoms with van der Waals surface area (Å²) in [4.78, 5) is 25.5. The monoisotopic (exact) mass is 356 g/mol.